The number of aromatic amines is 1. The average molecular weight is 433 g/mol. The van der Waals surface area contributed by atoms with Gasteiger partial charge in [0.15, 0.2) is 5.82 Å². The van der Waals surface area contributed by atoms with Gasteiger partial charge in [0.1, 0.15) is 5.75 Å². The molecule has 0 bridgehead atoms. The molecule has 1 amide bonds. The van der Waals surface area contributed by atoms with Crippen molar-refractivity contribution in [3.05, 3.63) is 53.6 Å². The number of hydrogen-bond donors (Lipinski definition) is 2. The Kier molecular flexibility index (Phi) is 5.73. The van der Waals surface area contributed by atoms with Gasteiger partial charge in [0.25, 0.3) is 5.91 Å². The smallest absolute Gasteiger partial charge is 0.406 e. The monoisotopic (exact) mass is 433 g/mol. The molecule has 7 nitrogen and oxygen atoms in total. The zero-order chi connectivity index (χ0) is 22.0. The lowest BCUT2D eigenvalue weighted by atomic mass is 10.1. The summed E-state index contributed by atoms with van der Waals surface area (Å²) in [5, 5.41) is 11.2. The summed E-state index contributed by atoms with van der Waals surface area (Å²) in [6.07, 6.45) is -4.73. The molecule has 0 unspecified atom stereocenters. The maximum atomic E-state index is 12.5. The minimum Gasteiger partial charge on any atom is -0.406 e. The van der Waals surface area contributed by atoms with Crippen molar-refractivity contribution in [1.82, 2.24) is 20.4 Å². The van der Waals surface area contributed by atoms with Crippen molar-refractivity contribution < 1.29 is 22.7 Å². The molecule has 0 saturated carbocycles. The molecule has 2 N–H and O–H groups in total. The maximum absolute atomic E-state index is 12.5. The lowest BCUT2D eigenvalue weighted by Crippen LogP contribution is -2.44. The van der Waals surface area contributed by atoms with Crippen LogP contribution in [0.1, 0.15) is 15.9 Å². The van der Waals surface area contributed by atoms with E-state index in [4.69, 9.17) is 0 Å². The van der Waals surface area contributed by atoms with Crippen molar-refractivity contribution in [2.24, 2.45) is 0 Å². The Morgan fingerprint density at radius 2 is 1.84 bits per heavy atom. The number of aromatic nitrogens is 2. The van der Waals surface area contributed by atoms with Crippen molar-refractivity contribution in [2.75, 3.05) is 38.1 Å². The summed E-state index contributed by atoms with van der Waals surface area (Å²) >= 11 is 0. The van der Waals surface area contributed by atoms with Crippen molar-refractivity contribution in [3.8, 4) is 5.75 Å². The van der Waals surface area contributed by atoms with Gasteiger partial charge in [0, 0.05) is 43.7 Å². The van der Waals surface area contributed by atoms with E-state index in [1.54, 1.807) is 12.1 Å². The van der Waals surface area contributed by atoms with Gasteiger partial charge in [-0.1, -0.05) is 12.1 Å². The van der Waals surface area contributed by atoms with Gasteiger partial charge < -0.3 is 19.9 Å². The second kappa shape index (κ2) is 8.46. The van der Waals surface area contributed by atoms with E-state index in [0.717, 1.165) is 42.9 Å². The van der Waals surface area contributed by atoms with E-state index in [2.05, 4.69) is 37.1 Å². The Labute approximate surface area is 176 Å². The molecule has 3 aromatic rings. The van der Waals surface area contributed by atoms with Crippen LogP contribution in [0.2, 0.25) is 0 Å². The molecule has 0 radical (unpaired) electrons. The molecule has 1 fully saturated rings. The fourth-order valence-electron chi connectivity index (χ4n) is 3.50. The largest absolute Gasteiger partial charge is 0.573 e. The van der Waals surface area contributed by atoms with Gasteiger partial charge in [-0.05, 0) is 42.9 Å². The van der Waals surface area contributed by atoms with Crippen LogP contribution in [0, 0.1) is 0 Å². The van der Waals surface area contributed by atoms with E-state index in [1.807, 2.05) is 6.07 Å². The SMILES string of the molecule is CN1CCN(c2n[nH]c3cc(C(=O)NCc4ccc(OC(F)(F)F)cc4)ccc23)CC1. The van der Waals surface area contributed by atoms with Gasteiger partial charge >= 0.3 is 6.36 Å². The van der Waals surface area contributed by atoms with E-state index in [-0.39, 0.29) is 18.2 Å². The van der Waals surface area contributed by atoms with Crippen LogP contribution in [0.3, 0.4) is 0 Å². The van der Waals surface area contributed by atoms with E-state index in [1.165, 1.54) is 24.3 Å². The zero-order valence-corrected chi connectivity index (χ0v) is 16.9. The number of benzene rings is 2. The van der Waals surface area contributed by atoms with Crippen molar-refractivity contribution in [1.29, 1.82) is 0 Å². The fraction of sp³-hybridized carbons (Fsp3) is 0.333. The first-order valence-corrected chi connectivity index (χ1v) is 9.83. The molecule has 10 heteroatoms. The molecule has 4 rings (SSSR count). The molecule has 2 heterocycles. The third-order valence-electron chi connectivity index (χ3n) is 5.22. The van der Waals surface area contributed by atoms with Gasteiger partial charge in [-0.15, -0.1) is 13.2 Å². The van der Waals surface area contributed by atoms with Crippen LogP contribution in [-0.4, -0.2) is 60.6 Å². The molecule has 164 valence electrons. The van der Waals surface area contributed by atoms with Crippen LogP contribution >= 0.6 is 0 Å². The number of piperazine rings is 1. The summed E-state index contributed by atoms with van der Waals surface area (Å²) < 4.78 is 40.5. The molecule has 1 aromatic heterocycles. The highest BCUT2D eigenvalue weighted by Gasteiger charge is 2.31. The number of H-pyrrole nitrogens is 1. The number of ether oxygens (including phenoxy) is 1. The number of amides is 1. The number of carbonyl (C=O) groups is 1. The Morgan fingerprint density at radius 3 is 2.52 bits per heavy atom. The van der Waals surface area contributed by atoms with Crippen molar-refractivity contribution in [2.45, 2.75) is 12.9 Å². The molecule has 1 aliphatic heterocycles. The molecular weight excluding hydrogens is 411 g/mol. The Balaban J connectivity index is 1.39. The Morgan fingerprint density at radius 1 is 1.13 bits per heavy atom. The highest BCUT2D eigenvalue weighted by molar-refractivity contribution is 6.00. The molecular formula is C21H22F3N5O2. The molecule has 1 aliphatic rings. The number of nitrogens with one attached hydrogen (secondary N) is 2. The Bertz CT molecular complexity index is 1060. The summed E-state index contributed by atoms with van der Waals surface area (Å²) in [6.45, 7) is 3.91. The molecule has 1 saturated heterocycles. The maximum Gasteiger partial charge on any atom is 0.573 e. The highest BCUT2D eigenvalue weighted by atomic mass is 19.4. The van der Waals surface area contributed by atoms with Crippen LogP contribution in [0.25, 0.3) is 10.9 Å². The molecule has 0 spiro atoms. The number of alkyl halides is 3. The highest BCUT2D eigenvalue weighted by Crippen LogP contribution is 2.26. The van der Waals surface area contributed by atoms with Gasteiger partial charge in [-0.25, -0.2) is 0 Å². The third-order valence-corrected chi connectivity index (χ3v) is 5.22. The Hall–Kier alpha value is -3.27. The zero-order valence-electron chi connectivity index (χ0n) is 16.9. The molecule has 0 aliphatic carbocycles. The minimum absolute atomic E-state index is 0.179. The normalized spacial score (nSPS) is 15.3. The van der Waals surface area contributed by atoms with Gasteiger partial charge in [-0.3, -0.25) is 9.89 Å². The first-order valence-electron chi connectivity index (χ1n) is 9.83. The predicted molar refractivity (Wildman–Crippen MR) is 110 cm³/mol. The number of carbonyl (C=O) groups excluding carboxylic acids is 1. The number of hydrogen-bond acceptors (Lipinski definition) is 5. The minimum atomic E-state index is -4.73. The second-order valence-corrected chi connectivity index (χ2v) is 7.47. The summed E-state index contributed by atoms with van der Waals surface area (Å²) in [6, 6.07) is 10.7. The van der Waals surface area contributed by atoms with Crippen LogP contribution in [0.15, 0.2) is 42.5 Å². The summed E-state index contributed by atoms with van der Waals surface area (Å²) in [4.78, 5) is 17.0. The standard InChI is InChI=1S/C21H22F3N5O2/c1-28-8-10-29(11-9-28)19-17-7-4-15(12-18(17)26-27-19)20(30)25-13-14-2-5-16(6-3-14)31-21(22,23)24/h2-7,12H,8-11,13H2,1H3,(H,25,30)(H,26,27). The average Bonchev–Trinajstić information content (AvgIpc) is 3.16. The number of likely N-dealkylation sites (N-methyl/N-ethyl adjacent to an activating group) is 1. The van der Waals surface area contributed by atoms with Gasteiger partial charge in [-0.2, -0.15) is 5.10 Å². The summed E-state index contributed by atoms with van der Waals surface area (Å²) in [5.74, 6) is 0.299. The molecule has 31 heavy (non-hydrogen) atoms. The van der Waals surface area contributed by atoms with Gasteiger partial charge in [0.2, 0.25) is 0 Å². The van der Waals surface area contributed by atoms with Gasteiger partial charge in [0.05, 0.1) is 5.52 Å². The topological polar surface area (TPSA) is 73.5 Å². The number of fused-ring (bicyclic) bond motifs is 1. The van der Waals surface area contributed by atoms with Crippen LogP contribution in [-0.2, 0) is 6.54 Å². The van der Waals surface area contributed by atoms with E-state index in [0.29, 0.717) is 11.1 Å². The lowest BCUT2D eigenvalue weighted by molar-refractivity contribution is -0.274. The number of rotatable bonds is 5. The fourth-order valence-corrected chi connectivity index (χ4v) is 3.50. The first kappa shape index (κ1) is 21.0. The predicted octanol–water partition coefficient (Wildman–Crippen LogP) is 3.14. The number of anilines is 1. The van der Waals surface area contributed by atoms with Crippen LogP contribution < -0.4 is 15.0 Å². The lowest BCUT2D eigenvalue weighted by Gasteiger charge is -2.32. The van der Waals surface area contributed by atoms with E-state index < -0.39 is 6.36 Å². The van der Waals surface area contributed by atoms with Crippen molar-refractivity contribution >= 4 is 22.6 Å². The van der Waals surface area contributed by atoms with E-state index >= 15 is 0 Å². The molecule has 0 atom stereocenters. The van der Waals surface area contributed by atoms with E-state index in [9.17, 15) is 18.0 Å². The first-order chi connectivity index (χ1) is 14.8. The summed E-state index contributed by atoms with van der Waals surface area (Å²) in [5.41, 5.74) is 1.90. The summed E-state index contributed by atoms with van der Waals surface area (Å²) in [7, 11) is 2.09. The number of halogens is 3. The van der Waals surface area contributed by atoms with Crippen LogP contribution in [0.4, 0.5) is 19.0 Å². The number of nitrogens with zero attached hydrogens (tertiary/aromatic N) is 3. The quantitative estimate of drug-likeness (QED) is 0.647. The van der Waals surface area contributed by atoms with Crippen LogP contribution in [0.5, 0.6) is 5.75 Å². The third kappa shape index (κ3) is 5.08. The molecule has 2 aromatic carbocycles. The van der Waals surface area contributed by atoms with Crippen molar-refractivity contribution in [3.63, 3.8) is 0 Å². The second-order valence-electron chi connectivity index (χ2n) is 7.47.